The zero-order valence-corrected chi connectivity index (χ0v) is 18.1. The van der Waals surface area contributed by atoms with Gasteiger partial charge in [-0.1, -0.05) is 48.4 Å². The summed E-state index contributed by atoms with van der Waals surface area (Å²) in [5.74, 6) is 2.03. The summed E-state index contributed by atoms with van der Waals surface area (Å²) in [4.78, 5) is 38.8. The minimum atomic E-state index is -0.817. The number of anilines is 1. The van der Waals surface area contributed by atoms with Gasteiger partial charge in [-0.05, 0) is 53.6 Å². The Hall–Kier alpha value is -4.83. The van der Waals surface area contributed by atoms with Crippen LogP contribution in [0.2, 0.25) is 0 Å². The van der Waals surface area contributed by atoms with Crippen LogP contribution in [0.25, 0.3) is 6.08 Å². The molecule has 0 aromatic heterocycles. The van der Waals surface area contributed by atoms with E-state index >= 15 is 0 Å². The smallest absolute Gasteiger partial charge is 0.335 e. The van der Waals surface area contributed by atoms with Crippen molar-refractivity contribution in [3.63, 3.8) is 0 Å². The van der Waals surface area contributed by atoms with Gasteiger partial charge in [0.1, 0.15) is 30.3 Å². The zero-order chi connectivity index (χ0) is 23.9. The predicted octanol–water partition coefficient (Wildman–Crippen LogP) is 3.94. The SMILES string of the molecule is C#CCOc1ccc(C=C2C(=O)NC(=O)N(c3ccc(OCc4ccccc4)cc3)C2=O)cc1. The lowest BCUT2D eigenvalue weighted by Crippen LogP contribution is -2.54. The second-order valence-corrected chi connectivity index (χ2v) is 7.29. The molecule has 1 saturated heterocycles. The highest BCUT2D eigenvalue weighted by atomic mass is 16.5. The topological polar surface area (TPSA) is 84.9 Å². The molecule has 0 radical (unpaired) electrons. The summed E-state index contributed by atoms with van der Waals surface area (Å²) in [5, 5.41) is 2.21. The summed E-state index contributed by atoms with van der Waals surface area (Å²) in [5.41, 5.74) is 1.75. The highest BCUT2D eigenvalue weighted by molar-refractivity contribution is 6.39. The zero-order valence-electron chi connectivity index (χ0n) is 18.1. The Balaban J connectivity index is 1.50. The van der Waals surface area contributed by atoms with Crippen LogP contribution in [-0.2, 0) is 16.2 Å². The molecule has 0 aliphatic carbocycles. The van der Waals surface area contributed by atoms with E-state index in [1.54, 1.807) is 48.5 Å². The van der Waals surface area contributed by atoms with Gasteiger partial charge in [0.05, 0.1) is 5.69 Å². The Labute approximate surface area is 196 Å². The fourth-order valence-corrected chi connectivity index (χ4v) is 3.28. The molecular formula is C27H20N2O5. The molecule has 7 heteroatoms. The van der Waals surface area contributed by atoms with Crippen molar-refractivity contribution in [3.05, 3.63) is 95.6 Å². The molecule has 168 valence electrons. The van der Waals surface area contributed by atoms with Crippen molar-refractivity contribution < 1.29 is 23.9 Å². The fraction of sp³-hybridized carbons (Fsp3) is 0.0741. The maximum absolute atomic E-state index is 13.1. The molecule has 1 aliphatic heterocycles. The van der Waals surface area contributed by atoms with Crippen molar-refractivity contribution >= 4 is 29.6 Å². The minimum Gasteiger partial charge on any atom is -0.489 e. The maximum atomic E-state index is 13.1. The van der Waals surface area contributed by atoms with Gasteiger partial charge in [-0.25, -0.2) is 9.69 Å². The molecule has 0 spiro atoms. The third kappa shape index (κ3) is 5.14. The number of nitrogens with zero attached hydrogens (tertiary/aromatic N) is 1. The molecule has 0 saturated carbocycles. The minimum absolute atomic E-state index is 0.133. The molecule has 4 rings (SSSR count). The molecule has 3 aromatic rings. The number of benzene rings is 3. The number of ether oxygens (including phenoxy) is 2. The van der Waals surface area contributed by atoms with Gasteiger partial charge in [0.25, 0.3) is 11.8 Å². The van der Waals surface area contributed by atoms with Crippen LogP contribution in [0.15, 0.2) is 84.4 Å². The number of amides is 4. The number of rotatable bonds is 7. The number of terminal acetylenes is 1. The maximum Gasteiger partial charge on any atom is 0.335 e. The Kier molecular flexibility index (Phi) is 6.70. The van der Waals surface area contributed by atoms with E-state index in [9.17, 15) is 14.4 Å². The molecule has 1 fully saturated rings. The lowest BCUT2D eigenvalue weighted by Gasteiger charge is -2.26. The van der Waals surface area contributed by atoms with Gasteiger partial charge < -0.3 is 9.47 Å². The van der Waals surface area contributed by atoms with Crippen LogP contribution in [0.5, 0.6) is 11.5 Å². The van der Waals surface area contributed by atoms with Crippen LogP contribution in [0.1, 0.15) is 11.1 Å². The van der Waals surface area contributed by atoms with E-state index in [0.29, 0.717) is 29.4 Å². The first-order chi connectivity index (χ1) is 16.5. The number of hydrogen-bond acceptors (Lipinski definition) is 5. The molecule has 4 amide bonds. The fourth-order valence-electron chi connectivity index (χ4n) is 3.28. The van der Waals surface area contributed by atoms with Gasteiger partial charge in [0.15, 0.2) is 0 Å². The van der Waals surface area contributed by atoms with E-state index in [4.69, 9.17) is 15.9 Å². The second-order valence-electron chi connectivity index (χ2n) is 7.29. The van der Waals surface area contributed by atoms with Gasteiger partial charge >= 0.3 is 6.03 Å². The average molecular weight is 452 g/mol. The molecule has 1 aliphatic rings. The molecule has 3 aromatic carbocycles. The number of barbiturate groups is 1. The quantitative estimate of drug-likeness (QED) is 0.333. The Morgan fingerprint density at radius 3 is 2.18 bits per heavy atom. The highest BCUT2D eigenvalue weighted by Gasteiger charge is 2.36. The van der Waals surface area contributed by atoms with Crippen molar-refractivity contribution in [2.75, 3.05) is 11.5 Å². The first-order valence-electron chi connectivity index (χ1n) is 10.4. The molecule has 0 bridgehead atoms. The van der Waals surface area contributed by atoms with E-state index in [2.05, 4.69) is 11.2 Å². The largest absolute Gasteiger partial charge is 0.489 e. The first-order valence-corrected chi connectivity index (χ1v) is 10.4. The highest BCUT2D eigenvalue weighted by Crippen LogP contribution is 2.25. The standard InChI is InChI=1S/C27H20N2O5/c1-2-16-33-22-12-8-19(9-13-22)17-24-25(30)28-27(32)29(26(24)31)21-10-14-23(15-11-21)34-18-20-6-4-3-5-7-20/h1,3-15,17H,16,18H2,(H,28,30,32). The van der Waals surface area contributed by atoms with Crippen molar-refractivity contribution in [1.29, 1.82) is 0 Å². The summed E-state index contributed by atoms with van der Waals surface area (Å²) in [6, 6.07) is 22.1. The molecule has 1 N–H and O–H groups in total. The van der Waals surface area contributed by atoms with Crippen LogP contribution in [0, 0.1) is 12.3 Å². The average Bonchev–Trinajstić information content (AvgIpc) is 2.86. The summed E-state index contributed by atoms with van der Waals surface area (Å²) in [6.07, 6.45) is 6.59. The summed E-state index contributed by atoms with van der Waals surface area (Å²) in [7, 11) is 0. The van der Waals surface area contributed by atoms with Crippen LogP contribution in [0.4, 0.5) is 10.5 Å². The number of hydrogen-bond donors (Lipinski definition) is 1. The molecule has 7 nitrogen and oxygen atoms in total. The summed E-state index contributed by atoms with van der Waals surface area (Å²) < 4.78 is 11.1. The Morgan fingerprint density at radius 2 is 1.50 bits per heavy atom. The third-order valence-electron chi connectivity index (χ3n) is 4.96. The summed E-state index contributed by atoms with van der Waals surface area (Å²) >= 11 is 0. The third-order valence-corrected chi connectivity index (χ3v) is 4.96. The van der Waals surface area contributed by atoms with Crippen LogP contribution >= 0.6 is 0 Å². The molecule has 0 unspecified atom stereocenters. The van der Waals surface area contributed by atoms with Crippen LogP contribution in [0.3, 0.4) is 0 Å². The number of urea groups is 1. The Morgan fingerprint density at radius 1 is 0.853 bits per heavy atom. The first kappa shape index (κ1) is 22.4. The van der Waals surface area contributed by atoms with Crippen molar-refractivity contribution in [3.8, 4) is 23.8 Å². The number of carbonyl (C=O) groups is 3. The van der Waals surface area contributed by atoms with E-state index in [-0.39, 0.29) is 12.2 Å². The van der Waals surface area contributed by atoms with E-state index < -0.39 is 17.8 Å². The van der Waals surface area contributed by atoms with Crippen molar-refractivity contribution in [2.24, 2.45) is 0 Å². The molecule has 34 heavy (non-hydrogen) atoms. The normalized spacial score (nSPS) is 14.5. The van der Waals surface area contributed by atoms with Crippen LogP contribution < -0.4 is 19.7 Å². The number of nitrogens with one attached hydrogen (secondary N) is 1. The molecule has 0 atom stereocenters. The number of imide groups is 2. The van der Waals surface area contributed by atoms with Crippen molar-refractivity contribution in [2.45, 2.75) is 6.61 Å². The van der Waals surface area contributed by atoms with Crippen molar-refractivity contribution in [1.82, 2.24) is 5.32 Å². The lowest BCUT2D eigenvalue weighted by atomic mass is 10.1. The monoisotopic (exact) mass is 452 g/mol. The van der Waals surface area contributed by atoms with Gasteiger partial charge in [-0.3, -0.25) is 14.9 Å². The number of carbonyl (C=O) groups excluding carboxylic acids is 3. The second kappa shape index (κ2) is 10.2. The van der Waals surface area contributed by atoms with Gasteiger partial charge in [0, 0.05) is 0 Å². The van der Waals surface area contributed by atoms with Gasteiger partial charge in [0.2, 0.25) is 0 Å². The van der Waals surface area contributed by atoms with E-state index in [1.807, 2.05) is 30.3 Å². The molecule has 1 heterocycles. The lowest BCUT2D eigenvalue weighted by molar-refractivity contribution is -0.122. The van der Waals surface area contributed by atoms with Crippen LogP contribution in [-0.4, -0.2) is 24.5 Å². The predicted molar refractivity (Wildman–Crippen MR) is 127 cm³/mol. The van der Waals surface area contributed by atoms with E-state index in [1.165, 1.54) is 6.08 Å². The Bertz CT molecular complexity index is 1270. The van der Waals surface area contributed by atoms with Gasteiger partial charge in [-0.2, -0.15) is 0 Å². The summed E-state index contributed by atoms with van der Waals surface area (Å²) in [6.45, 7) is 0.520. The molecular weight excluding hydrogens is 432 g/mol. The van der Waals surface area contributed by atoms with Gasteiger partial charge in [-0.15, -0.1) is 6.42 Å². The van der Waals surface area contributed by atoms with E-state index in [0.717, 1.165) is 10.5 Å².